The average molecular weight is 158 g/mol. The van der Waals surface area contributed by atoms with Gasteiger partial charge in [-0.2, -0.15) is 0 Å². The molecule has 0 aromatic heterocycles. The van der Waals surface area contributed by atoms with Gasteiger partial charge in [0.1, 0.15) is 0 Å². The van der Waals surface area contributed by atoms with E-state index in [0.717, 1.165) is 13.0 Å². The average Bonchev–Trinajstić information content (AvgIpc) is 1.82. The molecule has 0 aromatic carbocycles. The number of primary amides is 1. The lowest BCUT2D eigenvalue weighted by molar-refractivity contribution is -0.118. The minimum Gasteiger partial charge on any atom is -0.369 e. The summed E-state index contributed by atoms with van der Waals surface area (Å²) in [6.45, 7) is 5.64. The van der Waals surface area contributed by atoms with Crippen molar-refractivity contribution in [3.05, 3.63) is 0 Å². The second kappa shape index (κ2) is 5.13. The number of rotatable bonds is 5. The summed E-state index contributed by atoms with van der Waals surface area (Å²) >= 11 is 0. The van der Waals surface area contributed by atoms with Gasteiger partial charge in [-0.05, 0) is 25.9 Å². The number of amides is 1. The van der Waals surface area contributed by atoms with E-state index in [9.17, 15) is 4.79 Å². The van der Waals surface area contributed by atoms with E-state index < -0.39 is 0 Å². The molecule has 3 heteroatoms. The van der Waals surface area contributed by atoms with E-state index in [1.165, 1.54) is 0 Å². The van der Waals surface area contributed by atoms with E-state index in [4.69, 9.17) is 5.73 Å². The van der Waals surface area contributed by atoms with Crippen LogP contribution in [0.4, 0.5) is 0 Å². The SMILES string of the molecule is CC(C)CCN(C)CC(N)=O. The lowest BCUT2D eigenvalue weighted by Gasteiger charge is -2.15. The van der Waals surface area contributed by atoms with Crippen molar-refractivity contribution in [1.29, 1.82) is 0 Å². The van der Waals surface area contributed by atoms with Crippen molar-refractivity contribution in [2.75, 3.05) is 20.1 Å². The number of carbonyl (C=O) groups is 1. The van der Waals surface area contributed by atoms with E-state index in [1.807, 2.05) is 11.9 Å². The molecule has 2 N–H and O–H groups in total. The molecule has 0 aliphatic rings. The highest BCUT2D eigenvalue weighted by Gasteiger charge is 2.02. The Morgan fingerprint density at radius 3 is 2.45 bits per heavy atom. The Balaban J connectivity index is 3.37. The molecule has 0 saturated heterocycles. The third kappa shape index (κ3) is 7.33. The number of nitrogens with two attached hydrogens (primary N) is 1. The fraction of sp³-hybridized carbons (Fsp3) is 0.875. The Kier molecular flexibility index (Phi) is 4.86. The van der Waals surface area contributed by atoms with E-state index in [-0.39, 0.29) is 5.91 Å². The van der Waals surface area contributed by atoms with Crippen molar-refractivity contribution < 1.29 is 4.79 Å². The zero-order valence-corrected chi connectivity index (χ0v) is 7.63. The van der Waals surface area contributed by atoms with Crippen molar-refractivity contribution in [1.82, 2.24) is 4.90 Å². The van der Waals surface area contributed by atoms with Crippen LogP contribution in [0.1, 0.15) is 20.3 Å². The molecule has 66 valence electrons. The predicted octanol–water partition coefficient (Wildman–Crippen LogP) is 0.450. The molecule has 11 heavy (non-hydrogen) atoms. The fourth-order valence-corrected chi connectivity index (χ4v) is 0.824. The van der Waals surface area contributed by atoms with Crippen molar-refractivity contribution in [3.8, 4) is 0 Å². The first kappa shape index (κ1) is 10.4. The molecule has 0 atom stereocenters. The number of likely N-dealkylation sites (N-methyl/N-ethyl adjacent to an activating group) is 1. The highest BCUT2D eigenvalue weighted by molar-refractivity contribution is 5.75. The van der Waals surface area contributed by atoms with Gasteiger partial charge in [0.2, 0.25) is 5.91 Å². The Labute approximate surface area is 68.6 Å². The first-order valence-corrected chi connectivity index (χ1v) is 3.99. The number of nitrogens with zero attached hydrogens (tertiary/aromatic N) is 1. The molecule has 1 amide bonds. The molecule has 0 spiro atoms. The molecule has 0 rings (SSSR count). The summed E-state index contributed by atoms with van der Waals surface area (Å²) in [7, 11) is 1.91. The van der Waals surface area contributed by atoms with E-state index in [2.05, 4.69) is 13.8 Å². The number of hydrogen-bond acceptors (Lipinski definition) is 2. The summed E-state index contributed by atoms with van der Waals surface area (Å²) in [4.78, 5) is 12.4. The summed E-state index contributed by atoms with van der Waals surface area (Å²) in [5, 5.41) is 0. The Bertz CT molecular complexity index is 123. The van der Waals surface area contributed by atoms with Crippen LogP contribution in [-0.2, 0) is 4.79 Å². The Morgan fingerprint density at radius 2 is 2.09 bits per heavy atom. The van der Waals surface area contributed by atoms with Crippen LogP contribution >= 0.6 is 0 Å². The van der Waals surface area contributed by atoms with E-state index in [1.54, 1.807) is 0 Å². The van der Waals surface area contributed by atoms with Gasteiger partial charge in [-0.3, -0.25) is 9.69 Å². The Hall–Kier alpha value is -0.570. The molecule has 0 heterocycles. The van der Waals surface area contributed by atoms with Gasteiger partial charge in [0.15, 0.2) is 0 Å². The van der Waals surface area contributed by atoms with Crippen molar-refractivity contribution in [3.63, 3.8) is 0 Å². The minimum absolute atomic E-state index is 0.253. The van der Waals surface area contributed by atoms with Crippen LogP contribution in [-0.4, -0.2) is 30.9 Å². The molecule has 0 fully saturated rings. The zero-order chi connectivity index (χ0) is 8.85. The van der Waals surface area contributed by atoms with E-state index in [0.29, 0.717) is 12.5 Å². The molecular formula is C8H18N2O. The van der Waals surface area contributed by atoms with Gasteiger partial charge in [-0.1, -0.05) is 13.8 Å². The van der Waals surface area contributed by atoms with Gasteiger partial charge in [-0.15, -0.1) is 0 Å². The third-order valence-corrected chi connectivity index (χ3v) is 1.51. The van der Waals surface area contributed by atoms with Crippen molar-refractivity contribution in [2.45, 2.75) is 20.3 Å². The molecule has 0 radical (unpaired) electrons. The maximum Gasteiger partial charge on any atom is 0.231 e. The largest absolute Gasteiger partial charge is 0.369 e. The van der Waals surface area contributed by atoms with Crippen LogP contribution in [0.15, 0.2) is 0 Å². The van der Waals surface area contributed by atoms with Gasteiger partial charge >= 0.3 is 0 Å². The van der Waals surface area contributed by atoms with Crippen LogP contribution < -0.4 is 5.73 Å². The first-order valence-electron chi connectivity index (χ1n) is 3.99. The van der Waals surface area contributed by atoms with Crippen LogP contribution in [0, 0.1) is 5.92 Å². The van der Waals surface area contributed by atoms with E-state index >= 15 is 0 Å². The van der Waals surface area contributed by atoms with Crippen LogP contribution in [0.2, 0.25) is 0 Å². The lowest BCUT2D eigenvalue weighted by Crippen LogP contribution is -2.31. The normalized spacial score (nSPS) is 11.0. The summed E-state index contributed by atoms with van der Waals surface area (Å²) in [5.41, 5.74) is 5.02. The van der Waals surface area contributed by atoms with Crippen LogP contribution in [0.3, 0.4) is 0 Å². The van der Waals surface area contributed by atoms with Gasteiger partial charge in [-0.25, -0.2) is 0 Å². The molecule has 0 bridgehead atoms. The van der Waals surface area contributed by atoms with Crippen molar-refractivity contribution in [2.24, 2.45) is 11.7 Å². The molecule has 0 aromatic rings. The number of hydrogen-bond donors (Lipinski definition) is 1. The quantitative estimate of drug-likeness (QED) is 0.631. The smallest absolute Gasteiger partial charge is 0.231 e. The third-order valence-electron chi connectivity index (χ3n) is 1.51. The second-order valence-corrected chi connectivity index (χ2v) is 3.39. The fourth-order valence-electron chi connectivity index (χ4n) is 0.824. The molecule has 0 unspecified atom stereocenters. The minimum atomic E-state index is -0.253. The summed E-state index contributed by atoms with van der Waals surface area (Å²) in [6.07, 6.45) is 1.11. The molecule has 0 aliphatic heterocycles. The number of carbonyl (C=O) groups excluding carboxylic acids is 1. The maximum absolute atomic E-state index is 10.4. The van der Waals surface area contributed by atoms with Gasteiger partial charge < -0.3 is 5.73 Å². The predicted molar refractivity (Wildman–Crippen MR) is 46.1 cm³/mol. The maximum atomic E-state index is 10.4. The van der Waals surface area contributed by atoms with Gasteiger partial charge in [0, 0.05) is 0 Å². The molecular weight excluding hydrogens is 140 g/mol. The molecule has 0 aliphatic carbocycles. The highest BCUT2D eigenvalue weighted by Crippen LogP contribution is 1.99. The molecule has 0 saturated carbocycles. The van der Waals surface area contributed by atoms with Gasteiger partial charge in [0.05, 0.1) is 6.54 Å². The zero-order valence-electron chi connectivity index (χ0n) is 7.63. The standard InChI is InChI=1S/C8H18N2O/c1-7(2)4-5-10(3)6-8(9)11/h7H,4-6H2,1-3H3,(H2,9,11). The molecule has 3 nitrogen and oxygen atoms in total. The van der Waals surface area contributed by atoms with Crippen molar-refractivity contribution >= 4 is 5.91 Å². The monoisotopic (exact) mass is 158 g/mol. The summed E-state index contributed by atoms with van der Waals surface area (Å²) in [5.74, 6) is 0.432. The van der Waals surface area contributed by atoms with Gasteiger partial charge in [0.25, 0.3) is 0 Å². The highest BCUT2D eigenvalue weighted by atomic mass is 16.1. The first-order chi connectivity index (χ1) is 5.02. The summed E-state index contributed by atoms with van der Waals surface area (Å²) in [6, 6.07) is 0. The Morgan fingerprint density at radius 1 is 1.55 bits per heavy atom. The van der Waals surface area contributed by atoms with Crippen LogP contribution in [0.25, 0.3) is 0 Å². The van der Waals surface area contributed by atoms with Crippen LogP contribution in [0.5, 0.6) is 0 Å². The second-order valence-electron chi connectivity index (χ2n) is 3.39. The summed E-state index contributed by atoms with van der Waals surface area (Å²) < 4.78 is 0. The topological polar surface area (TPSA) is 46.3 Å². The lowest BCUT2D eigenvalue weighted by atomic mass is 10.1.